The second-order valence-electron chi connectivity index (χ2n) is 22.0. The van der Waals surface area contributed by atoms with E-state index in [2.05, 4.69) is 43.4 Å². The number of phosphoric ester groups is 1. The van der Waals surface area contributed by atoms with Gasteiger partial charge in [0.1, 0.15) is 11.5 Å². The smallest absolute Gasteiger partial charge is 0.454 e. The molecule has 6 aliphatic rings. The number of carbonyl (C=O) groups is 3. The van der Waals surface area contributed by atoms with Crippen LogP contribution in [0.5, 0.6) is 5.75 Å². The maximum Gasteiger partial charge on any atom is 0.524 e. The predicted octanol–water partition coefficient (Wildman–Crippen LogP) is 8.19. The number of aliphatic hydroxyl groups excluding tert-OH is 2. The summed E-state index contributed by atoms with van der Waals surface area (Å²) in [5, 5.41) is 26.7. The van der Waals surface area contributed by atoms with E-state index in [1.165, 1.54) is 11.6 Å². The predicted molar refractivity (Wildman–Crippen MR) is 276 cm³/mol. The van der Waals surface area contributed by atoms with E-state index in [1.807, 2.05) is 18.4 Å². The SMILES string of the molecule is C[S+](CC(=O)OCC(=O)[C@@]12O[C@H](C3CCCCC3)O[C@@H]1C[C@H]1[C@@H]3CCC4=CC(=O)C=C[C@]4(C)[C@H]3[C@@H](O)C[C@@]12C)Cc1cc(C(O)CNCCCCCCOCCCCc2ccccc2)ccc1OP(=O)(O)O. The number of esters is 1. The second-order valence-corrected chi connectivity index (χ2v) is 25.3. The van der Waals surface area contributed by atoms with Crippen LogP contribution in [0.3, 0.4) is 0 Å². The number of ketones is 2. The summed E-state index contributed by atoms with van der Waals surface area (Å²) in [4.78, 5) is 60.5. The summed E-state index contributed by atoms with van der Waals surface area (Å²) in [6, 6.07) is 15.2. The summed E-state index contributed by atoms with van der Waals surface area (Å²) < 4.78 is 42.6. The van der Waals surface area contributed by atoms with E-state index in [9.17, 15) is 38.9 Å². The Hall–Kier alpha value is -3.21. The van der Waals surface area contributed by atoms with Crippen molar-refractivity contribution in [1.82, 2.24) is 5.32 Å². The van der Waals surface area contributed by atoms with Gasteiger partial charge in [0.2, 0.25) is 11.5 Å². The highest BCUT2D eigenvalue weighted by Gasteiger charge is 2.76. The molecule has 5 aliphatic carbocycles. The van der Waals surface area contributed by atoms with Gasteiger partial charge in [-0.15, -0.1) is 0 Å². The molecule has 5 N–H and O–H groups in total. The Balaban J connectivity index is 0.836. The lowest BCUT2D eigenvalue weighted by Crippen LogP contribution is -2.63. The van der Waals surface area contributed by atoms with Crippen LogP contribution in [0.4, 0.5) is 0 Å². The van der Waals surface area contributed by atoms with Crippen molar-refractivity contribution in [3.63, 3.8) is 0 Å². The molecule has 0 bridgehead atoms. The lowest BCUT2D eigenvalue weighted by molar-refractivity contribution is -0.210. The molecule has 14 nitrogen and oxygen atoms in total. The Morgan fingerprint density at radius 1 is 0.972 bits per heavy atom. The number of nitrogens with one attached hydrogen (secondary N) is 1. The summed E-state index contributed by atoms with van der Waals surface area (Å²) in [7, 11) is -5.68. The zero-order valence-corrected chi connectivity index (χ0v) is 44.3. The standard InChI is InChI=1S/C56H78NO13PS/c1-54-26-25-43(58)31-42(54)22-23-44-45-32-50-56(55(45,2)33-46(59)52(44)54,69-53(68-50)39-19-10-7-11-20-39)49(61)35-67-51(62)37-72(3)36-41-30-40(21-24-48(41)70-71(63,64)65)47(60)34-57-27-13-4-5-14-28-66-29-15-12-18-38-16-8-6-9-17-38/h6,8-9,16-17,21,24-26,30-31,39,44-47,50,52-53,57,59-60H,4-5,7,10-15,18-20,22-23,27-29,32-37H2,1-3H3,(H-,63,64,65)/p+1/t44-,45-,46-,47?,50+,52+,53+,54-,55-,56+,72?/m0/s1. The topological polar surface area (TPSA) is 207 Å². The van der Waals surface area contributed by atoms with Crippen molar-refractivity contribution in [2.45, 2.75) is 153 Å². The van der Waals surface area contributed by atoms with E-state index in [0.717, 1.165) is 115 Å². The minimum atomic E-state index is -4.94. The number of aliphatic hydroxyl groups is 2. The number of unbranched alkanes of at least 4 members (excludes halogenated alkanes) is 4. The van der Waals surface area contributed by atoms with Crippen LogP contribution in [0.25, 0.3) is 0 Å². The number of ether oxygens (including phenoxy) is 4. The fourth-order valence-corrected chi connectivity index (χ4v) is 15.4. The minimum absolute atomic E-state index is 0.0183. The molecule has 0 spiro atoms. The maximum atomic E-state index is 15.0. The lowest BCUT2D eigenvalue weighted by atomic mass is 9.46. The molecule has 16 heteroatoms. The van der Waals surface area contributed by atoms with E-state index in [0.29, 0.717) is 24.0 Å². The van der Waals surface area contributed by atoms with Gasteiger partial charge in [-0.3, -0.25) is 19.4 Å². The van der Waals surface area contributed by atoms with Crippen LogP contribution in [0.1, 0.15) is 133 Å². The molecule has 4 saturated carbocycles. The number of hydrogen-bond acceptors (Lipinski definition) is 12. The Bertz CT molecular complexity index is 2300. The second kappa shape index (κ2) is 24.2. The molecular weight excluding hydrogens is 958 g/mol. The van der Waals surface area contributed by atoms with Crippen molar-refractivity contribution in [1.29, 1.82) is 0 Å². The first-order chi connectivity index (χ1) is 34.5. The first kappa shape index (κ1) is 55.0. The van der Waals surface area contributed by atoms with Crippen LogP contribution < -0.4 is 9.84 Å². The van der Waals surface area contributed by atoms with Crippen LogP contribution in [0.2, 0.25) is 0 Å². The molecule has 2 aromatic carbocycles. The largest absolute Gasteiger partial charge is 0.524 e. The Labute approximate surface area is 429 Å². The van der Waals surface area contributed by atoms with E-state index < -0.39 is 72.3 Å². The van der Waals surface area contributed by atoms with Crippen LogP contribution in [0.15, 0.2) is 72.3 Å². The third-order valence-electron chi connectivity index (χ3n) is 17.1. The molecule has 2 unspecified atom stereocenters. The minimum Gasteiger partial charge on any atom is -0.454 e. The van der Waals surface area contributed by atoms with Gasteiger partial charge in [0.05, 0.1) is 24.6 Å². The van der Waals surface area contributed by atoms with E-state index in [-0.39, 0.29) is 59.0 Å². The number of rotatable bonds is 25. The third kappa shape index (κ3) is 12.5. The summed E-state index contributed by atoms with van der Waals surface area (Å²) in [6.45, 7) is 6.19. The maximum absolute atomic E-state index is 15.0. The fraction of sp³-hybridized carbons (Fsp3) is 0.661. The van der Waals surface area contributed by atoms with Gasteiger partial charge in [-0.1, -0.05) is 94.0 Å². The van der Waals surface area contributed by atoms with Gasteiger partial charge < -0.3 is 39.0 Å². The number of phosphoric acid groups is 1. The zero-order chi connectivity index (χ0) is 51.1. The molecule has 396 valence electrons. The molecule has 72 heavy (non-hydrogen) atoms. The third-order valence-corrected chi connectivity index (χ3v) is 19.1. The summed E-state index contributed by atoms with van der Waals surface area (Å²) >= 11 is 0. The number of carbonyl (C=O) groups excluding carboxylic acids is 3. The Kier molecular flexibility index (Phi) is 18.5. The summed E-state index contributed by atoms with van der Waals surface area (Å²) in [5.74, 6) is -0.910. The average molecular weight is 1040 g/mol. The molecule has 2 aromatic rings. The van der Waals surface area contributed by atoms with Crippen molar-refractivity contribution < 1.29 is 62.4 Å². The van der Waals surface area contributed by atoms with E-state index in [1.54, 1.807) is 24.3 Å². The highest BCUT2D eigenvalue weighted by molar-refractivity contribution is 7.96. The quantitative estimate of drug-likeness (QED) is 0.0275. The number of benzene rings is 2. The van der Waals surface area contributed by atoms with E-state index in [4.69, 9.17) is 23.5 Å². The van der Waals surface area contributed by atoms with Gasteiger partial charge >= 0.3 is 13.8 Å². The first-order valence-electron chi connectivity index (χ1n) is 26.6. The molecule has 8 rings (SSSR count). The van der Waals surface area contributed by atoms with Gasteiger partial charge in [-0.25, -0.2) is 9.36 Å². The van der Waals surface area contributed by atoms with Crippen LogP contribution in [-0.4, -0.2) is 107 Å². The van der Waals surface area contributed by atoms with Crippen molar-refractivity contribution in [3.05, 3.63) is 89.0 Å². The fourth-order valence-electron chi connectivity index (χ4n) is 13.6. The summed E-state index contributed by atoms with van der Waals surface area (Å²) in [5.41, 5.74) is 0.638. The summed E-state index contributed by atoms with van der Waals surface area (Å²) in [6.07, 6.45) is 19.1. The molecule has 1 saturated heterocycles. The Morgan fingerprint density at radius 2 is 1.72 bits per heavy atom. The van der Waals surface area contributed by atoms with Gasteiger partial charge in [0, 0.05) is 58.9 Å². The van der Waals surface area contributed by atoms with Crippen LogP contribution in [0, 0.1) is 34.5 Å². The van der Waals surface area contributed by atoms with Crippen LogP contribution >= 0.6 is 7.82 Å². The monoisotopic (exact) mass is 1040 g/mol. The number of fused-ring (bicyclic) bond motifs is 7. The molecule has 0 aromatic heterocycles. The molecule has 1 heterocycles. The number of allylic oxidation sites excluding steroid dienone is 4. The lowest BCUT2D eigenvalue weighted by Gasteiger charge is -2.59. The highest BCUT2D eigenvalue weighted by atomic mass is 32.2. The zero-order valence-electron chi connectivity index (χ0n) is 42.6. The van der Waals surface area contributed by atoms with Gasteiger partial charge in [-0.05, 0) is 124 Å². The van der Waals surface area contributed by atoms with Gasteiger partial charge in [-0.2, -0.15) is 0 Å². The van der Waals surface area contributed by atoms with Crippen LogP contribution in [-0.2, 0) is 61.0 Å². The first-order valence-corrected chi connectivity index (χ1v) is 30.1. The molecule has 1 aliphatic heterocycles. The van der Waals surface area contributed by atoms with Crippen molar-refractivity contribution in [3.8, 4) is 5.75 Å². The van der Waals surface area contributed by atoms with Crippen molar-refractivity contribution in [2.75, 3.05) is 44.9 Å². The molecule has 11 atom stereocenters. The highest BCUT2D eigenvalue weighted by Crippen LogP contribution is 2.70. The average Bonchev–Trinajstić information content (AvgIpc) is 3.85. The molecule has 0 amide bonds. The van der Waals surface area contributed by atoms with Gasteiger partial charge in [0.25, 0.3) is 0 Å². The Morgan fingerprint density at radius 3 is 2.49 bits per heavy atom. The van der Waals surface area contributed by atoms with Crippen molar-refractivity contribution >= 4 is 36.3 Å². The number of Topliss-reactive ketones (excluding diaryl/α,β-unsaturated/α-hetero) is 1. The van der Waals surface area contributed by atoms with Gasteiger partial charge in [0.15, 0.2) is 24.3 Å². The van der Waals surface area contributed by atoms with E-state index >= 15 is 0 Å². The van der Waals surface area contributed by atoms with Crippen molar-refractivity contribution in [2.24, 2.45) is 34.5 Å². The molecule has 0 radical (unpaired) electrons. The number of hydrogen-bond donors (Lipinski definition) is 5. The molecule has 5 fully saturated rings. The molecular formula is C56H79NO13PS+. The normalized spacial score (nSPS) is 30.9. The number of aryl methyl sites for hydroxylation is 1.